The van der Waals surface area contributed by atoms with Crippen LogP contribution in [-0.4, -0.2) is 44.8 Å². The lowest BCUT2D eigenvalue weighted by atomic mass is 9.85. The molecule has 3 rings (SSSR count). The van der Waals surface area contributed by atoms with Crippen molar-refractivity contribution in [1.29, 1.82) is 0 Å². The molecule has 0 aliphatic carbocycles. The number of carbonyl (C=O) groups excluding carboxylic acids is 1. The van der Waals surface area contributed by atoms with Crippen LogP contribution >= 0.6 is 0 Å². The lowest BCUT2D eigenvalue weighted by Crippen LogP contribution is -2.53. The lowest BCUT2D eigenvalue weighted by molar-refractivity contribution is 0.0510. The Hall–Kier alpha value is -1.23. The zero-order chi connectivity index (χ0) is 11.8. The highest BCUT2D eigenvalue weighted by atomic mass is 16.3. The molecule has 2 saturated heterocycles. The number of piperidine rings is 2. The van der Waals surface area contributed by atoms with Crippen molar-refractivity contribution < 1.29 is 9.21 Å². The van der Waals surface area contributed by atoms with Gasteiger partial charge in [0, 0.05) is 13.1 Å². The topological polar surface area (TPSA) is 45.5 Å². The summed E-state index contributed by atoms with van der Waals surface area (Å²) in [6.45, 7) is 3.63. The summed E-state index contributed by atoms with van der Waals surface area (Å²) in [5, 5.41) is 3.41. The standard InChI is InChI=1S/C12H15BN2O2/c13-10-1-2-17-11(10)12(16)15-6-8-3-9(7-15)5-14-4-8/h1-2,8-9,14H,3-7H2. The van der Waals surface area contributed by atoms with Gasteiger partial charge in [-0.05, 0) is 42.9 Å². The zero-order valence-electron chi connectivity index (χ0n) is 9.69. The SMILES string of the molecule is [B]c1ccoc1C(=O)N1CC2CNCC(C2)C1. The summed E-state index contributed by atoms with van der Waals surface area (Å²) >= 11 is 0. The van der Waals surface area contributed by atoms with Crippen molar-refractivity contribution >= 4 is 19.2 Å². The van der Waals surface area contributed by atoms with Crippen molar-refractivity contribution in [3.8, 4) is 0 Å². The van der Waals surface area contributed by atoms with Crippen molar-refractivity contribution in [2.24, 2.45) is 11.8 Å². The van der Waals surface area contributed by atoms with E-state index in [0.717, 1.165) is 26.2 Å². The van der Waals surface area contributed by atoms with E-state index in [0.29, 0.717) is 17.3 Å². The number of furan rings is 1. The maximum atomic E-state index is 12.2. The van der Waals surface area contributed by atoms with Gasteiger partial charge in [0.2, 0.25) is 0 Å². The van der Waals surface area contributed by atoms with Crippen LogP contribution in [0.3, 0.4) is 0 Å². The van der Waals surface area contributed by atoms with Crippen molar-refractivity contribution in [2.45, 2.75) is 6.42 Å². The first-order valence-electron chi connectivity index (χ1n) is 6.07. The molecule has 0 saturated carbocycles. The minimum absolute atomic E-state index is 0.0656. The molecule has 0 aromatic carbocycles. The van der Waals surface area contributed by atoms with Gasteiger partial charge >= 0.3 is 0 Å². The molecule has 2 atom stereocenters. The first kappa shape index (κ1) is 10.9. The Labute approximate surface area is 102 Å². The molecule has 88 valence electrons. The largest absolute Gasteiger partial charge is 0.460 e. The van der Waals surface area contributed by atoms with Crippen LogP contribution in [0.2, 0.25) is 0 Å². The second-order valence-corrected chi connectivity index (χ2v) is 5.04. The predicted molar refractivity (Wildman–Crippen MR) is 64.5 cm³/mol. The number of hydrogen-bond acceptors (Lipinski definition) is 3. The fraction of sp³-hybridized carbons (Fsp3) is 0.583. The minimum Gasteiger partial charge on any atom is -0.460 e. The van der Waals surface area contributed by atoms with Gasteiger partial charge in [-0.15, -0.1) is 0 Å². The van der Waals surface area contributed by atoms with E-state index >= 15 is 0 Å². The van der Waals surface area contributed by atoms with E-state index in [9.17, 15) is 4.79 Å². The van der Waals surface area contributed by atoms with Crippen LogP contribution in [0.15, 0.2) is 16.7 Å². The number of amides is 1. The van der Waals surface area contributed by atoms with Crippen molar-refractivity contribution in [1.82, 2.24) is 10.2 Å². The molecule has 0 spiro atoms. The van der Waals surface area contributed by atoms with Gasteiger partial charge in [-0.1, -0.05) is 0 Å². The van der Waals surface area contributed by atoms with Crippen molar-refractivity contribution in [3.05, 3.63) is 18.1 Å². The number of nitrogens with one attached hydrogen (secondary N) is 1. The Bertz CT molecular complexity index is 420. The summed E-state index contributed by atoms with van der Waals surface area (Å²) in [5.74, 6) is 1.37. The average Bonchev–Trinajstić information content (AvgIpc) is 2.74. The van der Waals surface area contributed by atoms with E-state index in [1.165, 1.54) is 12.7 Å². The molecule has 2 aliphatic heterocycles. The van der Waals surface area contributed by atoms with Crippen LogP contribution < -0.4 is 10.8 Å². The Kier molecular flexibility index (Phi) is 2.71. The second-order valence-electron chi connectivity index (χ2n) is 5.04. The van der Waals surface area contributed by atoms with E-state index in [4.69, 9.17) is 12.3 Å². The van der Waals surface area contributed by atoms with Gasteiger partial charge in [-0.25, -0.2) is 0 Å². The van der Waals surface area contributed by atoms with Gasteiger partial charge in [-0.3, -0.25) is 4.79 Å². The van der Waals surface area contributed by atoms with Gasteiger partial charge in [-0.2, -0.15) is 0 Å². The zero-order valence-corrected chi connectivity index (χ0v) is 9.69. The Morgan fingerprint density at radius 2 is 2.12 bits per heavy atom. The van der Waals surface area contributed by atoms with E-state index in [2.05, 4.69) is 5.32 Å². The highest BCUT2D eigenvalue weighted by Gasteiger charge is 2.33. The van der Waals surface area contributed by atoms with Gasteiger partial charge in [0.25, 0.3) is 5.91 Å². The molecule has 5 heteroatoms. The average molecular weight is 230 g/mol. The predicted octanol–water partition coefficient (Wildman–Crippen LogP) is -0.245. The Morgan fingerprint density at radius 1 is 1.41 bits per heavy atom. The number of rotatable bonds is 1. The molecule has 17 heavy (non-hydrogen) atoms. The van der Waals surface area contributed by atoms with Crippen LogP contribution in [0.5, 0.6) is 0 Å². The van der Waals surface area contributed by atoms with E-state index in [1.807, 2.05) is 4.90 Å². The van der Waals surface area contributed by atoms with Crippen molar-refractivity contribution in [2.75, 3.05) is 26.2 Å². The van der Waals surface area contributed by atoms with Gasteiger partial charge in [0.1, 0.15) is 7.85 Å². The third-order valence-electron chi connectivity index (χ3n) is 3.67. The van der Waals surface area contributed by atoms with Gasteiger partial charge in [0.05, 0.1) is 6.26 Å². The fourth-order valence-electron chi connectivity index (χ4n) is 2.91. The monoisotopic (exact) mass is 230 g/mol. The molecule has 2 radical (unpaired) electrons. The van der Waals surface area contributed by atoms with Crippen LogP contribution in [0, 0.1) is 11.8 Å². The molecule has 1 aromatic rings. The molecule has 2 unspecified atom stereocenters. The molecule has 2 aliphatic rings. The summed E-state index contributed by atoms with van der Waals surface area (Å²) in [6.07, 6.45) is 2.69. The lowest BCUT2D eigenvalue weighted by Gasteiger charge is -2.41. The van der Waals surface area contributed by atoms with E-state index in [-0.39, 0.29) is 11.7 Å². The van der Waals surface area contributed by atoms with Crippen LogP contribution in [-0.2, 0) is 0 Å². The molecule has 1 amide bonds. The highest BCUT2D eigenvalue weighted by Crippen LogP contribution is 2.25. The van der Waals surface area contributed by atoms with Crippen LogP contribution in [0.25, 0.3) is 0 Å². The molecular formula is C12H15BN2O2. The number of likely N-dealkylation sites (tertiary alicyclic amines) is 1. The van der Waals surface area contributed by atoms with Gasteiger partial charge in [0.15, 0.2) is 5.76 Å². The molecule has 2 bridgehead atoms. The highest BCUT2D eigenvalue weighted by molar-refractivity contribution is 6.35. The Balaban J connectivity index is 1.76. The summed E-state index contributed by atoms with van der Waals surface area (Å²) in [4.78, 5) is 14.1. The fourth-order valence-corrected chi connectivity index (χ4v) is 2.91. The number of nitrogens with zero attached hydrogens (tertiary/aromatic N) is 1. The number of hydrogen-bond donors (Lipinski definition) is 1. The smallest absolute Gasteiger partial charge is 0.288 e. The first-order valence-corrected chi connectivity index (χ1v) is 6.07. The maximum absolute atomic E-state index is 12.2. The quantitative estimate of drug-likeness (QED) is 0.677. The molecule has 1 N–H and O–H groups in total. The number of carbonyl (C=O) groups is 1. The van der Waals surface area contributed by atoms with Gasteiger partial charge < -0.3 is 14.6 Å². The third-order valence-corrected chi connectivity index (χ3v) is 3.67. The summed E-state index contributed by atoms with van der Waals surface area (Å²) in [6, 6.07) is 1.62. The molecule has 1 aromatic heterocycles. The van der Waals surface area contributed by atoms with E-state index in [1.54, 1.807) is 6.07 Å². The summed E-state index contributed by atoms with van der Waals surface area (Å²) in [5.41, 5.74) is 0.434. The molecule has 3 heterocycles. The molecule has 4 nitrogen and oxygen atoms in total. The minimum atomic E-state index is -0.0656. The second kappa shape index (κ2) is 4.22. The van der Waals surface area contributed by atoms with Crippen molar-refractivity contribution in [3.63, 3.8) is 0 Å². The normalized spacial score (nSPS) is 28.1. The summed E-state index contributed by atoms with van der Waals surface area (Å²) < 4.78 is 5.17. The number of fused-ring (bicyclic) bond motifs is 2. The maximum Gasteiger partial charge on any atom is 0.288 e. The van der Waals surface area contributed by atoms with Crippen LogP contribution in [0.4, 0.5) is 0 Å². The molecular weight excluding hydrogens is 215 g/mol. The van der Waals surface area contributed by atoms with E-state index < -0.39 is 0 Å². The summed E-state index contributed by atoms with van der Waals surface area (Å²) in [7, 11) is 5.71. The third kappa shape index (κ3) is 1.99. The Morgan fingerprint density at radius 3 is 2.71 bits per heavy atom. The molecule has 2 fully saturated rings. The first-order chi connectivity index (χ1) is 8.24. The van der Waals surface area contributed by atoms with Crippen LogP contribution in [0.1, 0.15) is 17.0 Å².